The van der Waals surface area contributed by atoms with E-state index in [2.05, 4.69) is 11.0 Å². The molecule has 1 unspecified atom stereocenters. The van der Waals surface area contributed by atoms with Crippen LogP contribution in [0.3, 0.4) is 0 Å². The van der Waals surface area contributed by atoms with Crippen LogP contribution in [0.5, 0.6) is 0 Å². The van der Waals surface area contributed by atoms with Gasteiger partial charge in [0.05, 0.1) is 19.1 Å². The highest BCUT2D eigenvalue weighted by Gasteiger charge is 2.44. The molecule has 0 aromatic rings. The lowest BCUT2D eigenvalue weighted by molar-refractivity contribution is -0.137. The number of allylic oxidation sites excluding steroid dienone is 3. The van der Waals surface area contributed by atoms with Gasteiger partial charge < -0.3 is 9.64 Å². The van der Waals surface area contributed by atoms with Gasteiger partial charge >= 0.3 is 0 Å². The number of fused-ring (bicyclic) bond motifs is 1. The Kier molecular flexibility index (Phi) is 2.93. The highest BCUT2D eigenvalue weighted by molar-refractivity contribution is 6.15. The van der Waals surface area contributed by atoms with Gasteiger partial charge in [-0.2, -0.15) is 0 Å². The Labute approximate surface area is 112 Å². The van der Waals surface area contributed by atoms with E-state index in [9.17, 15) is 9.59 Å². The van der Waals surface area contributed by atoms with Crippen LogP contribution in [0, 0.1) is 5.92 Å². The second kappa shape index (κ2) is 4.49. The summed E-state index contributed by atoms with van der Waals surface area (Å²) in [5.74, 6) is -0.483. The zero-order chi connectivity index (χ0) is 13.6. The van der Waals surface area contributed by atoms with E-state index in [1.54, 1.807) is 7.05 Å². The standard InChI is InChI=1S/C14H18N2O3/c1-9-7-10(16-3-5-19-6-4-16)8-11-12(9)14(18)15(2)13(11)17/h7,11H,3-6,8H2,1-2H3. The van der Waals surface area contributed by atoms with Gasteiger partial charge in [-0.25, -0.2) is 0 Å². The summed E-state index contributed by atoms with van der Waals surface area (Å²) >= 11 is 0. The minimum absolute atomic E-state index is 0.0711. The van der Waals surface area contributed by atoms with Crippen molar-refractivity contribution in [3.8, 4) is 0 Å². The molecule has 1 atom stereocenters. The number of rotatable bonds is 1. The first kappa shape index (κ1) is 12.4. The summed E-state index contributed by atoms with van der Waals surface area (Å²) in [5, 5.41) is 0. The Hall–Kier alpha value is -1.62. The molecule has 2 amide bonds. The quantitative estimate of drug-likeness (QED) is 0.647. The first-order valence-corrected chi connectivity index (χ1v) is 6.65. The minimum atomic E-state index is -0.277. The van der Waals surface area contributed by atoms with Crippen molar-refractivity contribution in [2.24, 2.45) is 5.92 Å². The summed E-state index contributed by atoms with van der Waals surface area (Å²) in [6.45, 7) is 5.10. The monoisotopic (exact) mass is 262 g/mol. The van der Waals surface area contributed by atoms with Crippen LogP contribution < -0.4 is 0 Å². The van der Waals surface area contributed by atoms with Gasteiger partial charge in [0.25, 0.3) is 5.91 Å². The van der Waals surface area contributed by atoms with Crippen molar-refractivity contribution in [1.82, 2.24) is 9.80 Å². The third-order valence-electron chi connectivity index (χ3n) is 4.15. The van der Waals surface area contributed by atoms with Crippen molar-refractivity contribution in [3.63, 3.8) is 0 Å². The average molecular weight is 262 g/mol. The lowest BCUT2D eigenvalue weighted by Gasteiger charge is -2.33. The molecule has 19 heavy (non-hydrogen) atoms. The van der Waals surface area contributed by atoms with Crippen molar-refractivity contribution in [3.05, 3.63) is 22.9 Å². The van der Waals surface area contributed by atoms with Crippen molar-refractivity contribution >= 4 is 11.8 Å². The molecule has 0 bridgehead atoms. The minimum Gasteiger partial charge on any atom is -0.378 e. The maximum atomic E-state index is 12.1. The van der Waals surface area contributed by atoms with Crippen LogP contribution in [-0.4, -0.2) is 55.0 Å². The molecule has 3 rings (SSSR count). The van der Waals surface area contributed by atoms with Crippen LogP contribution in [0.4, 0.5) is 0 Å². The molecular weight excluding hydrogens is 244 g/mol. The van der Waals surface area contributed by atoms with Gasteiger partial charge in [0.15, 0.2) is 0 Å². The molecular formula is C14H18N2O3. The van der Waals surface area contributed by atoms with Gasteiger partial charge in [0.2, 0.25) is 5.91 Å². The Morgan fingerprint density at radius 2 is 1.95 bits per heavy atom. The van der Waals surface area contributed by atoms with Crippen LogP contribution in [-0.2, 0) is 14.3 Å². The largest absolute Gasteiger partial charge is 0.378 e. The molecule has 3 aliphatic rings. The van der Waals surface area contributed by atoms with Crippen LogP contribution in [0.1, 0.15) is 13.3 Å². The summed E-state index contributed by atoms with van der Waals surface area (Å²) in [4.78, 5) is 27.7. The molecule has 0 spiro atoms. The fourth-order valence-corrected chi connectivity index (χ4v) is 3.09. The predicted octanol–water partition coefficient (Wildman–Crippen LogP) is 0.538. The number of amides is 2. The number of nitrogens with zero attached hydrogens (tertiary/aromatic N) is 2. The van der Waals surface area contributed by atoms with Gasteiger partial charge in [0.1, 0.15) is 0 Å². The van der Waals surface area contributed by atoms with Gasteiger partial charge in [-0.15, -0.1) is 0 Å². The van der Waals surface area contributed by atoms with E-state index in [0.29, 0.717) is 12.0 Å². The van der Waals surface area contributed by atoms with E-state index in [1.807, 2.05) is 6.92 Å². The van der Waals surface area contributed by atoms with Crippen molar-refractivity contribution in [2.45, 2.75) is 13.3 Å². The number of likely N-dealkylation sites (tertiary alicyclic amines) is 1. The fourth-order valence-electron chi connectivity index (χ4n) is 3.09. The maximum absolute atomic E-state index is 12.1. The topological polar surface area (TPSA) is 49.9 Å². The summed E-state index contributed by atoms with van der Waals surface area (Å²) in [6, 6.07) is 0. The number of carbonyl (C=O) groups excluding carboxylic acids is 2. The highest BCUT2D eigenvalue weighted by Crippen LogP contribution is 2.37. The SMILES string of the molecule is CC1=C2C(=O)N(C)C(=O)C2CC(N2CCOCC2)=C1. The first-order chi connectivity index (χ1) is 9.09. The molecule has 102 valence electrons. The molecule has 5 heteroatoms. The molecule has 0 N–H and O–H groups in total. The van der Waals surface area contributed by atoms with Crippen molar-refractivity contribution in [2.75, 3.05) is 33.4 Å². The Balaban J connectivity index is 1.91. The molecule has 2 aliphatic heterocycles. The average Bonchev–Trinajstić information content (AvgIpc) is 2.65. The lowest BCUT2D eigenvalue weighted by atomic mass is 9.87. The third-order valence-corrected chi connectivity index (χ3v) is 4.15. The smallest absolute Gasteiger partial charge is 0.257 e. The van der Waals surface area contributed by atoms with Crippen LogP contribution >= 0.6 is 0 Å². The Morgan fingerprint density at radius 1 is 1.26 bits per heavy atom. The number of carbonyl (C=O) groups is 2. The van der Waals surface area contributed by atoms with E-state index in [4.69, 9.17) is 4.74 Å². The number of hydrogen-bond acceptors (Lipinski definition) is 4. The van der Waals surface area contributed by atoms with Gasteiger partial charge in [-0.05, 0) is 18.6 Å². The number of morpholine rings is 1. The second-order valence-corrected chi connectivity index (χ2v) is 5.29. The van der Waals surface area contributed by atoms with Gasteiger partial charge in [-0.3, -0.25) is 14.5 Å². The van der Waals surface area contributed by atoms with Crippen molar-refractivity contribution in [1.29, 1.82) is 0 Å². The van der Waals surface area contributed by atoms with E-state index < -0.39 is 0 Å². The number of likely N-dealkylation sites (N-methyl/N-ethyl adjacent to an activating group) is 1. The van der Waals surface area contributed by atoms with Crippen LogP contribution in [0.15, 0.2) is 22.9 Å². The summed E-state index contributed by atoms with van der Waals surface area (Å²) < 4.78 is 5.35. The summed E-state index contributed by atoms with van der Waals surface area (Å²) in [5.41, 5.74) is 2.77. The van der Waals surface area contributed by atoms with Crippen LogP contribution in [0.25, 0.3) is 0 Å². The Morgan fingerprint density at radius 3 is 2.63 bits per heavy atom. The molecule has 5 nitrogen and oxygen atoms in total. The second-order valence-electron chi connectivity index (χ2n) is 5.29. The number of hydrogen-bond donors (Lipinski definition) is 0. The summed E-state index contributed by atoms with van der Waals surface area (Å²) in [6.07, 6.45) is 2.70. The lowest BCUT2D eigenvalue weighted by Crippen LogP contribution is -2.37. The molecule has 0 saturated carbocycles. The molecule has 0 aromatic heterocycles. The number of ether oxygens (including phenoxy) is 1. The number of imide groups is 1. The summed E-state index contributed by atoms with van der Waals surface area (Å²) in [7, 11) is 1.57. The molecule has 1 aliphatic carbocycles. The maximum Gasteiger partial charge on any atom is 0.257 e. The van der Waals surface area contributed by atoms with Gasteiger partial charge in [-0.1, -0.05) is 0 Å². The van der Waals surface area contributed by atoms with Crippen LogP contribution in [0.2, 0.25) is 0 Å². The normalized spacial score (nSPS) is 27.9. The zero-order valence-corrected chi connectivity index (χ0v) is 11.3. The van der Waals surface area contributed by atoms with E-state index in [-0.39, 0.29) is 17.7 Å². The van der Waals surface area contributed by atoms with E-state index >= 15 is 0 Å². The van der Waals surface area contributed by atoms with Crippen molar-refractivity contribution < 1.29 is 14.3 Å². The van der Waals surface area contributed by atoms with E-state index in [0.717, 1.165) is 37.6 Å². The zero-order valence-electron chi connectivity index (χ0n) is 11.3. The first-order valence-electron chi connectivity index (χ1n) is 6.65. The fraction of sp³-hybridized carbons (Fsp3) is 0.571. The predicted molar refractivity (Wildman–Crippen MR) is 69.1 cm³/mol. The van der Waals surface area contributed by atoms with Gasteiger partial charge in [0, 0.05) is 37.8 Å². The Bertz CT molecular complexity index is 501. The molecule has 0 radical (unpaired) electrons. The molecule has 0 aromatic carbocycles. The molecule has 2 saturated heterocycles. The molecule has 2 heterocycles. The molecule has 2 fully saturated rings. The highest BCUT2D eigenvalue weighted by atomic mass is 16.5. The third kappa shape index (κ3) is 1.89. The van der Waals surface area contributed by atoms with E-state index in [1.165, 1.54) is 4.90 Å².